The summed E-state index contributed by atoms with van der Waals surface area (Å²) in [7, 11) is 0. The standard InChI is InChI=1S/C9H12/c1-3-9-6-4-5-8(2)7-9/h4,7H,3,6H2,1-2H3. The van der Waals surface area contributed by atoms with Gasteiger partial charge in [0, 0.05) is 0 Å². The predicted molar refractivity (Wildman–Crippen MR) is 40.3 cm³/mol. The molecule has 0 aromatic rings. The van der Waals surface area contributed by atoms with Gasteiger partial charge in [-0.25, -0.2) is 0 Å². The number of rotatable bonds is 1. The molecule has 0 spiro atoms. The van der Waals surface area contributed by atoms with Crippen LogP contribution in [-0.4, -0.2) is 0 Å². The van der Waals surface area contributed by atoms with Gasteiger partial charge in [-0.2, -0.15) is 0 Å². The van der Waals surface area contributed by atoms with E-state index in [0.717, 1.165) is 6.42 Å². The maximum absolute atomic E-state index is 3.16. The largest absolute Gasteiger partial charge is 0.122 e. The van der Waals surface area contributed by atoms with Crippen molar-refractivity contribution in [1.82, 2.24) is 0 Å². The average molecular weight is 120 g/mol. The molecule has 1 rings (SSSR count). The highest BCUT2D eigenvalue weighted by molar-refractivity contribution is 5.26. The number of hydrogen-bond acceptors (Lipinski definition) is 0. The minimum atomic E-state index is 1.10. The van der Waals surface area contributed by atoms with Gasteiger partial charge in [0.05, 0.1) is 0 Å². The smallest absolute Gasteiger partial charge is 0.00591 e. The maximum atomic E-state index is 3.16. The quantitative estimate of drug-likeness (QED) is 0.467. The van der Waals surface area contributed by atoms with Crippen LogP contribution in [0.4, 0.5) is 0 Å². The van der Waals surface area contributed by atoms with Gasteiger partial charge in [-0.05, 0) is 31.4 Å². The lowest BCUT2D eigenvalue weighted by atomic mass is 10.0. The van der Waals surface area contributed by atoms with Crippen LogP contribution in [0.1, 0.15) is 26.7 Å². The van der Waals surface area contributed by atoms with Crippen molar-refractivity contribution in [2.75, 3.05) is 0 Å². The van der Waals surface area contributed by atoms with E-state index in [0.29, 0.717) is 0 Å². The van der Waals surface area contributed by atoms with Crippen LogP contribution in [0.15, 0.2) is 29.0 Å². The van der Waals surface area contributed by atoms with Crippen LogP contribution in [0.25, 0.3) is 0 Å². The average Bonchev–Trinajstić information content (AvgIpc) is 1.88. The van der Waals surface area contributed by atoms with Crippen molar-refractivity contribution < 1.29 is 0 Å². The van der Waals surface area contributed by atoms with E-state index in [1.165, 1.54) is 17.6 Å². The molecule has 0 saturated heterocycles. The summed E-state index contributed by atoms with van der Waals surface area (Å²) in [6.45, 7) is 4.28. The molecule has 0 atom stereocenters. The molecule has 9 heavy (non-hydrogen) atoms. The highest BCUT2D eigenvalue weighted by Gasteiger charge is 1.94. The van der Waals surface area contributed by atoms with Gasteiger partial charge in [0.1, 0.15) is 0 Å². The summed E-state index contributed by atoms with van der Waals surface area (Å²) in [6, 6.07) is 0. The topological polar surface area (TPSA) is 0 Å². The van der Waals surface area contributed by atoms with Crippen molar-refractivity contribution in [3.05, 3.63) is 29.0 Å². The predicted octanol–water partition coefficient (Wildman–Crippen LogP) is 2.83. The Labute approximate surface area is 56.6 Å². The Kier molecular flexibility index (Phi) is 1.92. The van der Waals surface area contributed by atoms with Crippen LogP contribution in [0.3, 0.4) is 0 Å². The van der Waals surface area contributed by atoms with Crippen molar-refractivity contribution >= 4 is 0 Å². The molecule has 0 bridgehead atoms. The van der Waals surface area contributed by atoms with Crippen LogP contribution < -0.4 is 0 Å². The van der Waals surface area contributed by atoms with Gasteiger partial charge in [0.2, 0.25) is 0 Å². The lowest BCUT2D eigenvalue weighted by Crippen LogP contribution is -1.82. The zero-order valence-corrected chi connectivity index (χ0v) is 6.07. The fraction of sp³-hybridized carbons (Fsp3) is 0.444. The van der Waals surface area contributed by atoms with Crippen molar-refractivity contribution in [1.29, 1.82) is 0 Å². The Hall–Kier alpha value is -0.740. The molecule has 0 radical (unpaired) electrons. The Morgan fingerprint density at radius 1 is 1.67 bits per heavy atom. The first kappa shape index (κ1) is 6.38. The second kappa shape index (κ2) is 2.70. The zero-order chi connectivity index (χ0) is 6.69. The molecule has 1 aliphatic carbocycles. The second-order valence-electron chi connectivity index (χ2n) is 2.39. The van der Waals surface area contributed by atoms with E-state index in [4.69, 9.17) is 0 Å². The van der Waals surface area contributed by atoms with Gasteiger partial charge in [-0.3, -0.25) is 0 Å². The Balaban J connectivity index is 2.77. The summed E-state index contributed by atoms with van der Waals surface area (Å²) in [4.78, 5) is 0. The van der Waals surface area contributed by atoms with Crippen LogP contribution in [-0.2, 0) is 0 Å². The van der Waals surface area contributed by atoms with E-state index in [1.807, 2.05) is 0 Å². The van der Waals surface area contributed by atoms with Crippen molar-refractivity contribution in [2.24, 2.45) is 0 Å². The third-order valence-electron chi connectivity index (χ3n) is 1.57. The molecule has 0 fully saturated rings. The van der Waals surface area contributed by atoms with E-state index >= 15 is 0 Å². The third-order valence-corrected chi connectivity index (χ3v) is 1.57. The molecular weight excluding hydrogens is 108 g/mol. The normalized spacial score (nSPS) is 17.1. The SMILES string of the molecule is CCC1=CC(C)=C=CC1. The molecule has 0 heteroatoms. The van der Waals surface area contributed by atoms with Gasteiger partial charge in [0.15, 0.2) is 0 Å². The molecule has 0 N–H and O–H groups in total. The summed E-state index contributed by atoms with van der Waals surface area (Å²) in [5.41, 5.74) is 5.94. The molecule has 0 aromatic heterocycles. The first-order valence-corrected chi connectivity index (χ1v) is 3.44. The summed E-state index contributed by atoms with van der Waals surface area (Å²) >= 11 is 0. The molecule has 0 unspecified atom stereocenters. The molecule has 0 aromatic carbocycles. The van der Waals surface area contributed by atoms with Gasteiger partial charge < -0.3 is 0 Å². The van der Waals surface area contributed by atoms with Gasteiger partial charge in [0.25, 0.3) is 0 Å². The molecule has 0 amide bonds. The summed E-state index contributed by atoms with van der Waals surface area (Å²) in [5, 5.41) is 0. The van der Waals surface area contributed by atoms with Gasteiger partial charge in [-0.15, -0.1) is 5.73 Å². The summed E-state index contributed by atoms with van der Waals surface area (Å²) in [6.07, 6.45) is 6.61. The van der Waals surface area contributed by atoms with E-state index < -0.39 is 0 Å². The molecule has 0 nitrogen and oxygen atoms in total. The molecule has 0 aliphatic heterocycles. The Bertz CT molecular complexity index is 188. The molecule has 48 valence electrons. The van der Waals surface area contributed by atoms with Crippen molar-refractivity contribution in [3.8, 4) is 0 Å². The van der Waals surface area contributed by atoms with Gasteiger partial charge >= 0.3 is 0 Å². The third kappa shape index (κ3) is 1.58. The molecule has 0 heterocycles. The highest BCUT2D eigenvalue weighted by atomic mass is 14.0. The highest BCUT2D eigenvalue weighted by Crippen LogP contribution is 2.13. The monoisotopic (exact) mass is 120 g/mol. The van der Waals surface area contributed by atoms with Crippen molar-refractivity contribution in [3.63, 3.8) is 0 Å². The lowest BCUT2D eigenvalue weighted by Gasteiger charge is -2.02. The second-order valence-corrected chi connectivity index (χ2v) is 2.39. The Morgan fingerprint density at radius 2 is 2.44 bits per heavy atom. The van der Waals surface area contributed by atoms with Crippen LogP contribution >= 0.6 is 0 Å². The first-order valence-electron chi connectivity index (χ1n) is 3.44. The van der Waals surface area contributed by atoms with Crippen LogP contribution in [0.2, 0.25) is 0 Å². The van der Waals surface area contributed by atoms with E-state index in [2.05, 4.69) is 31.7 Å². The van der Waals surface area contributed by atoms with E-state index in [1.54, 1.807) is 0 Å². The lowest BCUT2D eigenvalue weighted by molar-refractivity contribution is 1.02. The maximum Gasteiger partial charge on any atom is -0.00591 e. The van der Waals surface area contributed by atoms with E-state index in [9.17, 15) is 0 Å². The number of allylic oxidation sites excluding steroid dienone is 3. The minimum absolute atomic E-state index is 1.10. The van der Waals surface area contributed by atoms with Crippen LogP contribution in [0.5, 0.6) is 0 Å². The number of hydrogen-bond donors (Lipinski definition) is 0. The van der Waals surface area contributed by atoms with Gasteiger partial charge in [-0.1, -0.05) is 18.6 Å². The minimum Gasteiger partial charge on any atom is -0.122 e. The fourth-order valence-electron chi connectivity index (χ4n) is 0.996. The molecule has 0 saturated carbocycles. The zero-order valence-electron chi connectivity index (χ0n) is 6.07. The fourth-order valence-corrected chi connectivity index (χ4v) is 0.996. The molecular formula is C9H12. The molecule has 1 aliphatic rings. The van der Waals surface area contributed by atoms with Crippen LogP contribution in [0, 0.1) is 0 Å². The van der Waals surface area contributed by atoms with E-state index in [-0.39, 0.29) is 0 Å². The first-order chi connectivity index (χ1) is 4.33. The Morgan fingerprint density at radius 3 is 2.89 bits per heavy atom. The van der Waals surface area contributed by atoms with Crippen molar-refractivity contribution in [2.45, 2.75) is 26.7 Å². The summed E-state index contributed by atoms with van der Waals surface area (Å²) < 4.78 is 0. The summed E-state index contributed by atoms with van der Waals surface area (Å²) in [5.74, 6) is 0.